The van der Waals surface area contributed by atoms with E-state index in [-0.39, 0.29) is 11.3 Å². The van der Waals surface area contributed by atoms with Crippen LogP contribution in [0, 0.1) is 0 Å². The number of rotatable bonds is 5. The molecule has 0 heterocycles. The van der Waals surface area contributed by atoms with Crippen molar-refractivity contribution in [2.24, 2.45) is 0 Å². The Morgan fingerprint density at radius 3 is 2.55 bits per heavy atom. The number of ether oxygens (including phenoxy) is 1. The molecule has 0 aliphatic rings. The predicted molar refractivity (Wildman–Crippen MR) is 76.3 cm³/mol. The molecule has 4 nitrogen and oxygen atoms in total. The molecule has 4 heteroatoms. The lowest BCUT2D eigenvalue weighted by Gasteiger charge is -2.12. The highest BCUT2D eigenvalue weighted by Gasteiger charge is 2.12. The number of aromatic carboxylic acids is 1. The first-order valence-corrected chi connectivity index (χ1v) is 6.42. The van der Waals surface area contributed by atoms with Crippen molar-refractivity contribution in [1.29, 1.82) is 0 Å². The topological polar surface area (TPSA) is 66.8 Å². The van der Waals surface area contributed by atoms with Gasteiger partial charge in [-0.1, -0.05) is 25.1 Å². The Bertz CT molecular complexity index is 620. The van der Waals surface area contributed by atoms with E-state index in [0.717, 1.165) is 12.0 Å². The first-order chi connectivity index (χ1) is 9.63. The van der Waals surface area contributed by atoms with Gasteiger partial charge >= 0.3 is 5.97 Å². The fourth-order valence-corrected chi connectivity index (χ4v) is 1.92. The molecular weight excluding hydrogens is 256 g/mol. The van der Waals surface area contributed by atoms with E-state index in [1.807, 2.05) is 31.2 Å². The van der Waals surface area contributed by atoms with Crippen LogP contribution in [-0.2, 0) is 0 Å². The molecular formula is C16H16O4. The van der Waals surface area contributed by atoms with Crippen molar-refractivity contribution in [3.8, 4) is 22.6 Å². The van der Waals surface area contributed by atoms with Crippen LogP contribution in [0.25, 0.3) is 11.1 Å². The van der Waals surface area contributed by atoms with Crippen LogP contribution >= 0.6 is 0 Å². The Kier molecular flexibility index (Phi) is 4.25. The molecule has 0 fully saturated rings. The number of hydrogen-bond donors (Lipinski definition) is 2. The minimum Gasteiger partial charge on any atom is -0.507 e. The van der Waals surface area contributed by atoms with E-state index in [0.29, 0.717) is 17.9 Å². The van der Waals surface area contributed by atoms with Crippen LogP contribution in [0.2, 0.25) is 0 Å². The molecule has 0 saturated carbocycles. The first kappa shape index (κ1) is 13.9. The van der Waals surface area contributed by atoms with Gasteiger partial charge in [-0.15, -0.1) is 0 Å². The molecule has 0 amide bonds. The number of carbonyl (C=O) groups is 1. The Balaban J connectivity index is 2.43. The van der Waals surface area contributed by atoms with Crippen molar-refractivity contribution in [3.63, 3.8) is 0 Å². The van der Waals surface area contributed by atoms with Crippen molar-refractivity contribution < 1.29 is 19.7 Å². The molecule has 20 heavy (non-hydrogen) atoms. The van der Waals surface area contributed by atoms with Crippen molar-refractivity contribution in [2.75, 3.05) is 6.61 Å². The van der Waals surface area contributed by atoms with Crippen LogP contribution in [0.4, 0.5) is 0 Å². The van der Waals surface area contributed by atoms with Crippen LogP contribution in [-0.4, -0.2) is 22.8 Å². The smallest absolute Gasteiger partial charge is 0.335 e. The van der Waals surface area contributed by atoms with Gasteiger partial charge in [-0.25, -0.2) is 4.79 Å². The molecule has 0 atom stereocenters. The Morgan fingerprint density at radius 1 is 1.15 bits per heavy atom. The lowest BCUT2D eigenvalue weighted by Crippen LogP contribution is -1.98. The normalized spacial score (nSPS) is 10.2. The lowest BCUT2D eigenvalue weighted by atomic mass is 10.0. The number of phenolic OH excluding ortho intramolecular Hbond substituents is 1. The quantitative estimate of drug-likeness (QED) is 0.873. The average molecular weight is 272 g/mol. The molecule has 0 aromatic heterocycles. The monoisotopic (exact) mass is 272 g/mol. The lowest BCUT2D eigenvalue weighted by molar-refractivity contribution is 0.0696. The number of carboxylic acid groups (broad SMARTS) is 1. The largest absolute Gasteiger partial charge is 0.507 e. The van der Waals surface area contributed by atoms with Crippen molar-refractivity contribution in [3.05, 3.63) is 48.0 Å². The molecule has 0 radical (unpaired) electrons. The molecule has 2 rings (SSSR count). The summed E-state index contributed by atoms with van der Waals surface area (Å²) < 4.78 is 5.65. The number of hydrogen-bond acceptors (Lipinski definition) is 3. The number of carboxylic acids is 1. The minimum atomic E-state index is -1.07. The molecule has 2 aromatic carbocycles. The fraction of sp³-hybridized carbons (Fsp3) is 0.188. The van der Waals surface area contributed by atoms with Crippen LogP contribution in [0.15, 0.2) is 42.5 Å². The summed E-state index contributed by atoms with van der Waals surface area (Å²) >= 11 is 0. The predicted octanol–water partition coefficient (Wildman–Crippen LogP) is 3.55. The number of para-hydroxylation sites is 1. The van der Waals surface area contributed by atoms with E-state index >= 15 is 0 Å². The fourth-order valence-electron chi connectivity index (χ4n) is 1.92. The van der Waals surface area contributed by atoms with Gasteiger partial charge in [-0.05, 0) is 30.7 Å². The SMILES string of the molecule is CCCOc1ccccc1-c1ccc(C(=O)O)cc1O. The van der Waals surface area contributed by atoms with Crippen LogP contribution in [0.1, 0.15) is 23.7 Å². The minimum absolute atomic E-state index is 0.0539. The van der Waals surface area contributed by atoms with E-state index in [1.165, 1.54) is 12.1 Å². The zero-order valence-corrected chi connectivity index (χ0v) is 11.2. The summed E-state index contributed by atoms with van der Waals surface area (Å²) in [5.41, 5.74) is 1.36. The average Bonchev–Trinajstić information content (AvgIpc) is 2.45. The molecule has 104 valence electrons. The van der Waals surface area contributed by atoms with Crippen molar-refractivity contribution in [2.45, 2.75) is 13.3 Å². The van der Waals surface area contributed by atoms with Gasteiger partial charge in [-0.2, -0.15) is 0 Å². The van der Waals surface area contributed by atoms with Crippen molar-refractivity contribution >= 4 is 5.97 Å². The van der Waals surface area contributed by atoms with Gasteiger partial charge < -0.3 is 14.9 Å². The van der Waals surface area contributed by atoms with E-state index < -0.39 is 5.97 Å². The zero-order valence-electron chi connectivity index (χ0n) is 11.2. The Hall–Kier alpha value is -2.49. The van der Waals surface area contributed by atoms with Gasteiger partial charge in [0.2, 0.25) is 0 Å². The molecule has 0 unspecified atom stereocenters. The third kappa shape index (κ3) is 2.91. The molecule has 0 aliphatic heterocycles. The highest BCUT2D eigenvalue weighted by Crippen LogP contribution is 2.36. The summed E-state index contributed by atoms with van der Waals surface area (Å²) in [6.45, 7) is 2.60. The second-order valence-electron chi connectivity index (χ2n) is 4.38. The highest BCUT2D eigenvalue weighted by atomic mass is 16.5. The van der Waals surface area contributed by atoms with E-state index in [4.69, 9.17) is 9.84 Å². The van der Waals surface area contributed by atoms with E-state index in [1.54, 1.807) is 6.07 Å². The first-order valence-electron chi connectivity index (χ1n) is 6.42. The zero-order chi connectivity index (χ0) is 14.5. The number of aromatic hydroxyl groups is 1. The van der Waals surface area contributed by atoms with E-state index in [9.17, 15) is 9.90 Å². The highest BCUT2D eigenvalue weighted by molar-refractivity contribution is 5.90. The maximum atomic E-state index is 10.9. The Morgan fingerprint density at radius 2 is 1.90 bits per heavy atom. The summed E-state index contributed by atoms with van der Waals surface area (Å²) in [4.78, 5) is 10.9. The molecule has 0 bridgehead atoms. The van der Waals surface area contributed by atoms with Gasteiger partial charge in [0, 0.05) is 11.1 Å². The van der Waals surface area contributed by atoms with Gasteiger partial charge in [0.15, 0.2) is 0 Å². The van der Waals surface area contributed by atoms with Crippen LogP contribution in [0.3, 0.4) is 0 Å². The number of phenols is 1. The summed E-state index contributed by atoms with van der Waals surface area (Å²) in [5.74, 6) is -0.465. The molecule has 0 aliphatic carbocycles. The molecule has 0 saturated heterocycles. The van der Waals surface area contributed by atoms with Crippen LogP contribution < -0.4 is 4.74 Å². The summed E-state index contributed by atoms with van der Waals surface area (Å²) in [7, 11) is 0. The number of benzene rings is 2. The summed E-state index contributed by atoms with van der Waals surface area (Å²) in [6.07, 6.45) is 0.887. The Labute approximate surface area is 117 Å². The van der Waals surface area contributed by atoms with Gasteiger partial charge in [-0.3, -0.25) is 0 Å². The van der Waals surface area contributed by atoms with Crippen molar-refractivity contribution in [1.82, 2.24) is 0 Å². The van der Waals surface area contributed by atoms with Gasteiger partial charge in [0.25, 0.3) is 0 Å². The maximum absolute atomic E-state index is 10.9. The standard InChI is InChI=1S/C16H16O4/c1-2-9-20-15-6-4-3-5-13(15)12-8-7-11(16(18)19)10-14(12)17/h3-8,10,17H,2,9H2,1H3,(H,18,19). The third-order valence-electron chi connectivity index (χ3n) is 2.88. The second-order valence-corrected chi connectivity index (χ2v) is 4.38. The summed E-state index contributed by atoms with van der Waals surface area (Å²) in [6, 6.07) is 11.7. The summed E-state index contributed by atoms with van der Waals surface area (Å²) in [5, 5.41) is 18.9. The van der Waals surface area contributed by atoms with Crippen LogP contribution in [0.5, 0.6) is 11.5 Å². The molecule has 2 N–H and O–H groups in total. The third-order valence-corrected chi connectivity index (χ3v) is 2.88. The maximum Gasteiger partial charge on any atom is 0.335 e. The van der Waals surface area contributed by atoms with Gasteiger partial charge in [0.05, 0.1) is 12.2 Å². The van der Waals surface area contributed by atoms with Gasteiger partial charge in [0.1, 0.15) is 11.5 Å². The second kappa shape index (κ2) is 6.10. The van der Waals surface area contributed by atoms with E-state index in [2.05, 4.69) is 0 Å². The molecule has 0 spiro atoms. The molecule has 2 aromatic rings.